The Morgan fingerprint density at radius 2 is 1.77 bits per heavy atom. The summed E-state index contributed by atoms with van der Waals surface area (Å²) in [7, 11) is 0. The molecule has 162 valence electrons. The molecule has 3 N–H and O–H groups in total. The summed E-state index contributed by atoms with van der Waals surface area (Å²) in [6.45, 7) is 1.97. The molecule has 0 unspecified atom stereocenters. The Morgan fingerprint density at radius 3 is 2.45 bits per heavy atom. The lowest BCUT2D eigenvalue weighted by molar-refractivity contribution is -0.141. The highest BCUT2D eigenvalue weighted by Gasteiger charge is 2.40. The topological polar surface area (TPSA) is 83.0 Å². The van der Waals surface area contributed by atoms with Crippen LogP contribution < -0.4 is 10.6 Å². The van der Waals surface area contributed by atoms with E-state index in [2.05, 4.69) is 25.6 Å². The monoisotopic (exact) mass is 433 g/mol. The highest BCUT2D eigenvalue weighted by Crippen LogP contribution is 2.35. The Labute approximate surface area is 175 Å². The molecular formula is C21H19F4N5O. The van der Waals surface area contributed by atoms with Crippen molar-refractivity contribution < 1.29 is 22.7 Å². The van der Waals surface area contributed by atoms with Crippen LogP contribution in [-0.2, 0) is 6.18 Å². The fourth-order valence-corrected chi connectivity index (χ4v) is 2.97. The van der Waals surface area contributed by atoms with E-state index in [0.717, 1.165) is 6.07 Å². The molecule has 0 saturated heterocycles. The Morgan fingerprint density at radius 1 is 1.03 bits per heavy atom. The summed E-state index contributed by atoms with van der Waals surface area (Å²) >= 11 is 0. The van der Waals surface area contributed by atoms with Gasteiger partial charge in [-0.25, -0.2) is 19.3 Å². The van der Waals surface area contributed by atoms with Crippen molar-refractivity contribution in [3.8, 4) is 11.5 Å². The van der Waals surface area contributed by atoms with Crippen LogP contribution in [0.3, 0.4) is 0 Å². The highest BCUT2D eigenvalue weighted by atomic mass is 19.4. The molecule has 31 heavy (non-hydrogen) atoms. The van der Waals surface area contributed by atoms with E-state index in [4.69, 9.17) is 0 Å². The van der Waals surface area contributed by atoms with Gasteiger partial charge in [-0.3, -0.25) is 0 Å². The zero-order valence-electron chi connectivity index (χ0n) is 16.5. The predicted octanol–water partition coefficient (Wildman–Crippen LogP) is 4.69. The first-order chi connectivity index (χ1) is 14.6. The fourth-order valence-electron chi connectivity index (χ4n) is 2.97. The number of aryl methyl sites for hydroxylation is 1. The summed E-state index contributed by atoms with van der Waals surface area (Å²) < 4.78 is 53.0. The van der Waals surface area contributed by atoms with E-state index in [-0.39, 0.29) is 23.9 Å². The predicted molar refractivity (Wildman–Crippen MR) is 107 cm³/mol. The number of rotatable bonds is 6. The largest absolute Gasteiger partial charge is 0.433 e. The summed E-state index contributed by atoms with van der Waals surface area (Å²) in [5.41, 5.74) is -0.833. The average molecular weight is 433 g/mol. The number of hydrogen-bond acceptors (Lipinski definition) is 6. The van der Waals surface area contributed by atoms with E-state index in [1.54, 1.807) is 13.0 Å². The van der Waals surface area contributed by atoms with E-state index < -0.39 is 23.3 Å². The zero-order chi connectivity index (χ0) is 22.2. The minimum atomic E-state index is -4.61. The maximum absolute atomic E-state index is 13.7. The van der Waals surface area contributed by atoms with Crippen molar-refractivity contribution in [1.82, 2.24) is 15.0 Å². The molecule has 2 heterocycles. The number of aliphatic hydroxyl groups is 1. The number of aromatic nitrogens is 3. The van der Waals surface area contributed by atoms with Gasteiger partial charge in [0, 0.05) is 18.3 Å². The first kappa shape index (κ1) is 21.0. The second-order valence-electron chi connectivity index (χ2n) is 7.59. The van der Waals surface area contributed by atoms with Gasteiger partial charge in [-0.15, -0.1) is 0 Å². The number of pyridine rings is 1. The van der Waals surface area contributed by atoms with Crippen LogP contribution in [0.5, 0.6) is 0 Å². The number of anilines is 3. The normalized spacial score (nSPS) is 14.9. The Kier molecular flexibility index (Phi) is 5.26. The molecule has 0 atom stereocenters. The number of benzene rings is 1. The van der Waals surface area contributed by atoms with Gasteiger partial charge < -0.3 is 15.7 Å². The van der Waals surface area contributed by atoms with Gasteiger partial charge in [-0.05, 0) is 55.7 Å². The van der Waals surface area contributed by atoms with Crippen LogP contribution in [-0.4, -0.2) is 32.2 Å². The lowest BCUT2D eigenvalue weighted by Gasteiger charge is -2.14. The second kappa shape index (κ2) is 7.77. The lowest BCUT2D eigenvalue weighted by atomic mass is 10.2. The third kappa shape index (κ3) is 5.26. The summed E-state index contributed by atoms with van der Waals surface area (Å²) in [5, 5.41) is 16.0. The van der Waals surface area contributed by atoms with Crippen molar-refractivity contribution in [2.24, 2.45) is 0 Å². The van der Waals surface area contributed by atoms with Crippen LogP contribution in [0.2, 0.25) is 0 Å². The standard InChI is InChI=1S/C21H19F4N5O/c1-12-7-13(22)9-14(8-12)27-18-10-17(26-11-20(31)5-6-20)29-19(30-18)15-3-2-4-16(28-15)21(23,24)25/h2-4,7-10,31H,5-6,11H2,1H3,(H2,26,27,29,30). The van der Waals surface area contributed by atoms with Crippen LogP contribution in [0.25, 0.3) is 11.5 Å². The first-order valence-electron chi connectivity index (χ1n) is 9.54. The molecule has 0 amide bonds. The van der Waals surface area contributed by atoms with Gasteiger partial charge in [0.25, 0.3) is 0 Å². The maximum atomic E-state index is 13.7. The molecule has 3 aromatic rings. The molecule has 1 fully saturated rings. The van der Waals surface area contributed by atoms with Crippen LogP contribution in [0, 0.1) is 12.7 Å². The van der Waals surface area contributed by atoms with Gasteiger partial charge >= 0.3 is 6.18 Å². The van der Waals surface area contributed by atoms with Crippen LogP contribution in [0.1, 0.15) is 24.1 Å². The smallest absolute Gasteiger partial charge is 0.388 e. The van der Waals surface area contributed by atoms with Crippen LogP contribution in [0.4, 0.5) is 34.9 Å². The number of halogens is 4. The number of alkyl halides is 3. The Bertz CT molecular complexity index is 1090. The Balaban J connectivity index is 1.70. The van der Waals surface area contributed by atoms with Gasteiger partial charge in [0.05, 0.1) is 5.60 Å². The number of hydrogen-bond donors (Lipinski definition) is 3. The SMILES string of the molecule is Cc1cc(F)cc(Nc2cc(NCC3(O)CC3)nc(-c3cccc(C(F)(F)F)n3)n2)c1. The molecule has 1 aliphatic rings. The van der Waals surface area contributed by atoms with Crippen molar-refractivity contribution in [2.75, 3.05) is 17.2 Å². The van der Waals surface area contributed by atoms with Crippen molar-refractivity contribution in [3.63, 3.8) is 0 Å². The molecular weight excluding hydrogens is 414 g/mol. The lowest BCUT2D eigenvalue weighted by Crippen LogP contribution is -2.21. The number of nitrogens with zero attached hydrogens (tertiary/aromatic N) is 3. The molecule has 1 saturated carbocycles. The van der Waals surface area contributed by atoms with Crippen molar-refractivity contribution in [3.05, 3.63) is 59.5 Å². The molecule has 0 aliphatic heterocycles. The van der Waals surface area contributed by atoms with E-state index in [1.165, 1.54) is 30.3 Å². The van der Waals surface area contributed by atoms with Crippen LogP contribution in [0.15, 0.2) is 42.5 Å². The van der Waals surface area contributed by atoms with Crippen molar-refractivity contribution in [2.45, 2.75) is 31.5 Å². The van der Waals surface area contributed by atoms with Gasteiger partial charge in [0.2, 0.25) is 0 Å². The highest BCUT2D eigenvalue weighted by molar-refractivity contribution is 5.64. The fraction of sp³-hybridized carbons (Fsp3) is 0.286. The van der Waals surface area contributed by atoms with E-state index in [0.29, 0.717) is 29.9 Å². The molecule has 10 heteroatoms. The minimum Gasteiger partial charge on any atom is -0.388 e. The number of nitrogens with one attached hydrogen (secondary N) is 2. The molecule has 1 aromatic carbocycles. The van der Waals surface area contributed by atoms with E-state index >= 15 is 0 Å². The average Bonchev–Trinajstić information content (AvgIpc) is 3.43. The minimum absolute atomic E-state index is 0.0467. The summed E-state index contributed by atoms with van der Waals surface area (Å²) in [5.74, 6) is 0.0415. The third-order valence-corrected chi connectivity index (χ3v) is 4.74. The summed E-state index contributed by atoms with van der Waals surface area (Å²) in [6, 6.07) is 9.34. The van der Waals surface area contributed by atoms with Crippen LogP contribution >= 0.6 is 0 Å². The zero-order valence-corrected chi connectivity index (χ0v) is 16.5. The van der Waals surface area contributed by atoms with Crippen molar-refractivity contribution >= 4 is 17.3 Å². The molecule has 2 aromatic heterocycles. The van der Waals surface area contributed by atoms with Gasteiger partial charge in [0.1, 0.15) is 28.8 Å². The van der Waals surface area contributed by atoms with Gasteiger partial charge in [0.15, 0.2) is 5.82 Å². The Hall–Kier alpha value is -3.27. The molecule has 6 nitrogen and oxygen atoms in total. The first-order valence-corrected chi connectivity index (χ1v) is 9.54. The summed E-state index contributed by atoms with van der Waals surface area (Å²) in [6.07, 6.45) is -3.30. The third-order valence-electron chi connectivity index (χ3n) is 4.74. The van der Waals surface area contributed by atoms with Gasteiger partial charge in [-0.1, -0.05) is 6.07 Å². The molecule has 4 rings (SSSR count). The quantitative estimate of drug-likeness (QED) is 0.490. The van der Waals surface area contributed by atoms with Crippen molar-refractivity contribution in [1.29, 1.82) is 0 Å². The van der Waals surface area contributed by atoms with E-state index in [9.17, 15) is 22.7 Å². The van der Waals surface area contributed by atoms with Gasteiger partial charge in [-0.2, -0.15) is 13.2 Å². The molecule has 0 spiro atoms. The molecule has 1 aliphatic carbocycles. The molecule has 0 bridgehead atoms. The maximum Gasteiger partial charge on any atom is 0.433 e. The summed E-state index contributed by atoms with van der Waals surface area (Å²) in [4.78, 5) is 12.2. The van der Waals surface area contributed by atoms with E-state index in [1.807, 2.05) is 0 Å². The molecule has 0 radical (unpaired) electrons. The second-order valence-corrected chi connectivity index (χ2v) is 7.59.